The molecule has 1 amide bonds. The maximum absolute atomic E-state index is 12.5. The number of hydrogen-bond donors (Lipinski definition) is 0. The van der Waals surface area contributed by atoms with Crippen molar-refractivity contribution < 1.29 is 13.2 Å². The van der Waals surface area contributed by atoms with Gasteiger partial charge in [0, 0.05) is 13.1 Å². The molecule has 1 atom stereocenters. The van der Waals surface area contributed by atoms with Crippen LogP contribution >= 0.6 is 0 Å². The van der Waals surface area contributed by atoms with Crippen LogP contribution < -0.4 is 0 Å². The summed E-state index contributed by atoms with van der Waals surface area (Å²) in [5, 5.41) is 0. The molecule has 0 unspecified atom stereocenters. The number of piperidine rings is 1. The van der Waals surface area contributed by atoms with Gasteiger partial charge in [0.2, 0.25) is 5.91 Å². The molecule has 0 radical (unpaired) electrons. The molecule has 1 aromatic carbocycles. The minimum atomic E-state index is -2.95. The Balaban J connectivity index is 1.43. The molecule has 6 heteroatoms. The Kier molecular flexibility index (Phi) is 5.79. The number of carbonyl (C=O) groups excluding carboxylic acids is 1. The fourth-order valence-electron chi connectivity index (χ4n) is 3.88. The lowest BCUT2D eigenvalue weighted by atomic mass is 9.90. The summed E-state index contributed by atoms with van der Waals surface area (Å²) in [4.78, 5) is 16.3. The molecule has 2 aliphatic rings. The summed E-state index contributed by atoms with van der Waals surface area (Å²) in [6.45, 7) is 2.30. The zero-order valence-electron chi connectivity index (χ0n) is 14.9. The summed E-state index contributed by atoms with van der Waals surface area (Å²) in [6.07, 6.45) is 3.92. The second-order valence-corrected chi connectivity index (χ2v) is 9.70. The highest BCUT2D eigenvalue weighted by Gasteiger charge is 2.33. The van der Waals surface area contributed by atoms with E-state index in [2.05, 4.69) is 29.2 Å². The van der Waals surface area contributed by atoms with E-state index in [0.29, 0.717) is 18.9 Å². The molecule has 0 aromatic heterocycles. The number of nitrogens with zero attached hydrogens (tertiary/aromatic N) is 2. The lowest BCUT2D eigenvalue weighted by Gasteiger charge is -2.33. The normalized spacial score (nSPS) is 24.3. The Hall–Kier alpha value is -1.40. The maximum Gasteiger partial charge on any atom is 0.236 e. The van der Waals surface area contributed by atoms with E-state index in [0.717, 1.165) is 32.4 Å². The van der Waals surface area contributed by atoms with Crippen LogP contribution in [0.5, 0.6) is 0 Å². The third kappa shape index (κ3) is 5.05. The Labute approximate surface area is 150 Å². The van der Waals surface area contributed by atoms with Crippen LogP contribution in [0.15, 0.2) is 30.3 Å². The molecule has 0 aliphatic carbocycles. The number of likely N-dealkylation sites (N-methyl/N-ethyl adjacent to an activating group) is 1. The highest BCUT2D eigenvalue weighted by Crippen LogP contribution is 2.22. The summed E-state index contributed by atoms with van der Waals surface area (Å²) in [5.41, 5.74) is 1.39. The number of likely N-dealkylation sites (tertiary alicyclic amines) is 1. The topological polar surface area (TPSA) is 57.7 Å². The lowest BCUT2D eigenvalue weighted by Crippen LogP contribution is -2.46. The van der Waals surface area contributed by atoms with E-state index < -0.39 is 9.84 Å². The highest BCUT2D eigenvalue weighted by atomic mass is 32.2. The van der Waals surface area contributed by atoms with Gasteiger partial charge in [-0.2, -0.15) is 0 Å². The first kappa shape index (κ1) is 18.4. The average molecular weight is 365 g/mol. The first-order chi connectivity index (χ1) is 11.9. The summed E-state index contributed by atoms with van der Waals surface area (Å²) >= 11 is 0. The second kappa shape index (κ2) is 7.87. The summed E-state index contributed by atoms with van der Waals surface area (Å²) in [5.74, 6) is 1.06. The van der Waals surface area contributed by atoms with Gasteiger partial charge in [-0.25, -0.2) is 8.42 Å². The van der Waals surface area contributed by atoms with Gasteiger partial charge in [0.25, 0.3) is 0 Å². The number of amides is 1. The number of hydrogen-bond acceptors (Lipinski definition) is 4. The van der Waals surface area contributed by atoms with Crippen molar-refractivity contribution in [1.29, 1.82) is 0 Å². The molecule has 0 spiro atoms. The minimum Gasteiger partial charge on any atom is -0.341 e. The van der Waals surface area contributed by atoms with Crippen LogP contribution in [0.3, 0.4) is 0 Å². The van der Waals surface area contributed by atoms with Crippen LogP contribution in [0.25, 0.3) is 0 Å². The fourth-order valence-corrected chi connectivity index (χ4v) is 5.66. The van der Waals surface area contributed by atoms with Crippen molar-refractivity contribution in [3.63, 3.8) is 0 Å². The van der Waals surface area contributed by atoms with Crippen molar-refractivity contribution in [2.45, 2.75) is 31.7 Å². The zero-order chi connectivity index (χ0) is 17.9. The Morgan fingerprint density at radius 3 is 2.44 bits per heavy atom. The maximum atomic E-state index is 12.5. The molecule has 2 saturated heterocycles. The third-order valence-electron chi connectivity index (χ3n) is 5.58. The number of rotatable bonds is 5. The second-order valence-electron chi connectivity index (χ2n) is 7.47. The van der Waals surface area contributed by atoms with Gasteiger partial charge in [-0.3, -0.25) is 9.69 Å². The van der Waals surface area contributed by atoms with Crippen LogP contribution in [0, 0.1) is 5.92 Å². The summed E-state index contributed by atoms with van der Waals surface area (Å²) < 4.78 is 23.2. The molecular formula is C19H28N2O3S. The van der Waals surface area contributed by atoms with Crippen LogP contribution in [-0.4, -0.2) is 68.4 Å². The predicted molar refractivity (Wildman–Crippen MR) is 99.1 cm³/mol. The van der Waals surface area contributed by atoms with E-state index in [4.69, 9.17) is 0 Å². The number of benzene rings is 1. The standard InChI is InChI=1S/C19H28N2O3S/c1-20(18-9-12-25(23,24)15-18)19(22)14-21-10-7-17(8-11-21)13-16-5-3-2-4-6-16/h2-6,17-18H,7-15H2,1H3/t18-/m1/s1. The van der Waals surface area contributed by atoms with Gasteiger partial charge >= 0.3 is 0 Å². The predicted octanol–water partition coefficient (Wildman–Crippen LogP) is 1.59. The van der Waals surface area contributed by atoms with Crippen LogP contribution in [-0.2, 0) is 21.1 Å². The van der Waals surface area contributed by atoms with Crippen LogP contribution in [0.1, 0.15) is 24.8 Å². The van der Waals surface area contributed by atoms with Gasteiger partial charge in [-0.1, -0.05) is 30.3 Å². The van der Waals surface area contributed by atoms with E-state index in [-0.39, 0.29) is 23.5 Å². The number of carbonyl (C=O) groups is 1. The SMILES string of the molecule is CN(C(=O)CN1CCC(Cc2ccccc2)CC1)[C@@H]1CCS(=O)(=O)C1. The zero-order valence-corrected chi connectivity index (χ0v) is 15.7. The average Bonchev–Trinajstić information content (AvgIpc) is 2.97. The molecule has 2 heterocycles. The van der Waals surface area contributed by atoms with E-state index in [1.807, 2.05) is 6.07 Å². The van der Waals surface area contributed by atoms with Crippen molar-refractivity contribution >= 4 is 15.7 Å². The molecule has 3 rings (SSSR count). The first-order valence-corrected chi connectivity index (χ1v) is 11.0. The van der Waals surface area contributed by atoms with Crippen molar-refractivity contribution in [1.82, 2.24) is 9.80 Å². The minimum absolute atomic E-state index is 0.0450. The van der Waals surface area contributed by atoms with Gasteiger partial charge in [0.15, 0.2) is 9.84 Å². The van der Waals surface area contributed by atoms with E-state index in [1.54, 1.807) is 11.9 Å². The van der Waals surface area contributed by atoms with Gasteiger partial charge in [0.1, 0.15) is 0 Å². The Morgan fingerprint density at radius 1 is 1.16 bits per heavy atom. The summed E-state index contributed by atoms with van der Waals surface area (Å²) in [7, 11) is -1.21. The third-order valence-corrected chi connectivity index (χ3v) is 7.33. The van der Waals surface area contributed by atoms with Crippen LogP contribution in [0.2, 0.25) is 0 Å². The fraction of sp³-hybridized carbons (Fsp3) is 0.632. The highest BCUT2D eigenvalue weighted by molar-refractivity contribution is 7.91. The number of sulfone groups is 1. The molecule has 1 aromatic rings. The monoisotopic (exact) mass is 364 g/mol. The summed E-state index contributed by atoms with van der Waals surface area (Å²) in [6, 6.07) is 10.4. The molecule has 25 heavy (non-hydrogen) atoms. The van der Waals surface area contributed by atoms with Crippen molar-refractivity contribution in [3.8, 4) is 0 Å². The molecular weight excluding hydrogens is 336 g/mol. The van der Waals surface area contributed by atoms with Crippen molar-refractivity contribution in [2.24, 2.45) is 5.92 Å². The van der Waals surface area contributed by atoms with Crippen molar-refractivity contribution in [2.75, 3.05) is 38.2 Å². The molecule has 0 saturated carbocycles. The van der Waals surface area contributed by atoms with Gasteiger partial charge in [-0.15, -0.1) is 0 Å². The van der Waals surface area contributed by atoms with E-state index >= 15 is 0 Å². The van der Waals surface area contributed by atoms with Crippen molar-refractivity contribution in [3.05, 3.63) is 35.9 Å². The largest absolute Gasteiger partial charge is 0.341 e. The quantitative estimate of drug-likeness (QED) is 0.796. The molecule has 0 N–H and O–H groups in total. The molecule has 138 valence electrons. The molecule has 0 bridgehead atoms. The van der Waals surface area contributed by atoms with Gasteiger partial charge in [0.05, 0.1) is 18.1 Å². The van der Waals surface area contributed by atoms with Crippen LogP contribution in [0.4, 0.5) is 0 Å². The lowest BCUT2D eigenvalue weighted by molar-refractivity contribution is -0.133. The van der Waals surface area contributed by atoms with Gasteiger partial charge in [-0.05, 0) is 50.3 Å². The van der Waals surface area contributed by atoms with Gasteiger partial charge < -0.3 is 4.90 Å². The van der Waals surface area contributed by atoms with E-state index in [9.17, 15) is 13.2 Å². The molecule has 5 nitrogen and oxygen atoms in total. The van der Waals surface area contributed by atoms with E-state index in [1.165, 1.54) is 5.56 Å². The Morgan fingerprint density at radius 2 is 1.84 bits per heavy atom. The molecule has 2 aliphatic heterocycles. The molecule has 2 fully saturated rings. The smallest absolute Gasteiger partial charge is 0.236 e. The Bertz CT molecular complexity index is 682. The first-order valence-electron chi connectivity index (χ1n) is 9.15.